The second-order valence-corrected chi connectivity index (χ2v) is 6.88. The lowest BCUT2D eigenvalue weighted by Gasteiger charge is -2.22. The minimum Gasteiger partial charge on any atom is -0.454 e. The molecule has 0 saturated carbocycles. The van der Waals surface area contributed by atoms with Gasteiger partial charge in [-0.15, -0.1) is 0 Å². The molecule has 7 heteroatoms. The van der Waals surface area contributed by atoms with Gasteiger partial charge in [0.25, 0.3) is 11.7 Å². The van der Waals surface area contributed by atoms with Crippen LogP contribution in [-0.4, -0.2) is 25.9 Å². The highest BCUT2D eigenvalue weighted by Gasteiger charge is 2.56. The van der Waals surface area contributed by atoms with E-state index in [0.717, 1.165) is 27.0 Å². The standard InChI is InChI=1S/C18H14BrNO5/c19-13-3-1-2-12-16(13)20(17(21)18(12)24-6-7-25-18)9-11-4-5-14-15(8-11)23-10-22-14/h1-5,8H,6-7,9-10H2. The molecule has 3 heterocycles. The zero-order chi connectivity index (χ0) is 17.0. The van der Waals surface area contributed by atoms with Gasteiger partial charge < -0.3 is 23.8 Å². The van der Waals surface area contributed by atoms with Gasteiger partial charge in [0.1, 0.15) is 0 Å². The number of carbonyl (C=O) groups is 1. The van der Waals surface area contributed by atoms with Gasteiger partial charge in [-0.3, -0.25) is 4.79 Å². The fourth-order valence-corrected chi connectivity index (χ4v) is 4.09. The van der Waals surface area contributed by atoms with Crippen LogP contribution in [0.15, 0.2) is 40.9 Å². The van der Waals surface area contributed by atoms with Gasteiger partial charge >= 0.3 is 0 Å². The number of carbonyl (C=O) groups excluding carboxylic acids is 1. The number of amides is 1. The molecule has 128 valence electrons. The zero-order valence-corrected chi connectivity index (χ0v) is 14.7. The molecule has 3 aliphatic rings. The van der Waals surface area contributed by atoms with Gasteiger partial charge in [-0.2, -0.15) is 0 Å². The molecule has 0 radical (unpaired) electrons. The number of nitrogens with zero attached hydrogens (tertiary/aromatic N) is 1. The molecule has 1 saturated heterocycles. The number of hydrogen-bond donors (Lipinski definition) is 0. The lowest BCUT2D eigenvalue weighted by Crippen LogP contribution is -2.40. The number of halogens is 1. The van der Waals surface area contributed by atoms with Crippen LogP contribution in [0.5, 0.6) is 11.5 Å². The van der Waals surface area contributed by atoms with E-state index in [1.165, 1.54) is 0 Å². The maximum absolute atomic E-state index is 13.2. The number of hydrogen-bond acceptors (Lipinski definition) is 5. The third-order valence-electron chi connectivity index (χ3n) is 4.61. The predicted octanol–water partition coefficient (Wildman–Crippen LogP) is 2.92. The second-order valence-electron chi connectivity index (χ2n) is 6.03. The predicted molar refractivity (Wildman–Crippen MR) is 91.5 cm³/mol. The van der Waals surface area contributed by atoms with Crippen molar-refractivity contribution in [3.63, 3.8) is 0 Å². The Kier molecular flexibility index (Phi) is 3.31. The van der Waals surface area contributed by atoms with Crippen molar-refractivity contribution in [1.82, 2.24) is 0 Å². The Balaban J connectivity index is 1.57. The highest BCUT2D eigenvalue weighted by molar-refractivity contribution is 9.10. The van der Waals surface area contributed by atoms with Gasteiger partial charge in [-0.25, -0.2) is 0 Å². The van der Waals surface area contributed by atoms with E-state index in [2.05, 4.69) is 15.9 Å². The van der Waals surface area contributed by atoms with Crippen molar-refractivity contribution in [3.05, 3.63) is 52.0 Å². The Morgan fingerprint density at radius 2 is 1.88 bits per heavy atom. The van der Waals surface area contributed by atoms with Gasteiger partial charge in [-0.1, -0.05) is 18.2 Å². The van der Waals surface area contributed by atoms with Crippen molar-refractivity contribution in [2.75, 3.05) is 24.9 Å². The van der Waals surface area contributed by atoms with Gasteiger partial charge in [0, 0.05) is 10.0 Å². The Morgan fingerprint density at radius 1 is 1.08 bits per heavy atom. The molecule has 1 fully saturated rings. The summed E-state index contributed by atoms with van der Waals surface area (Å²) in [5, 5.41) is 0. The summed E-state index contributed by atoms with van der Waals surface area (Å²) in [5.74, 6) is -0.115. The molecular weight excluding hydrogens is 390 g/mol. The van der Waals surface area contributed by atoms with Gasteiger partial charge in [0.2, 0.25) is 6.79 Å². The van der Waals surface area contributed by atoms with Crippen LogP contribution < -0.4 is 14.4 Å². The largest absolute Gasteiger partial charge is 0.454 e. The third kappa shape index (κ3) is 2.13. The number of fused-ring (bicyclic) bond motifs is 3. The molecule has 0 unspecified atom stereocenters. The Morgan fingerprint density at radius 3 is 2.72 bits per heavy atom. The summed E-state index contributed by atoms with van der Waals surface area (Å²) < 4.78 is 23.1. The summed E-state index contributed by atoms with van der Waals surface area (Å²) in [5.41, 5.74) is 2.46. The van der Waals surface area contributed by atoms with Crippen LogP contribution in [0.1, 0.15) is 11.1 Å². The molecule has 0 N–H and O–H groups in total. The average molecular weight is 404 g/mol. The molecular formula is C18H14BrNO5. The molecule has 5 rings (SSSR count). The van der Waals surface area contributed by atoms with Crippen LogP contribution in [0.25, 0.3) is 0 Å². The normalized spacial score (nSPS) is 19.7. The van der Waals surface area contributed by atoms with Crippen molar-refractivity contribution in [2.45, 2.75) is 12.3 Å². The number of anilines is 1. The van der Waals surface area contributed by atoms with Gasteiger partial charge in [0.05, 0.1) is 25.4 Å². The fraction of sp³-hybridized carbons (Fsp3) is 0.278. The lowest BCUT2D eigenvalue weighted by molar-refractivity contribution is -0.180. The first-order valence-electron chi connectivity index (χ1n) is 7.96. The quantitative estimate of drug-likeness (QED) is 0.771. The van der Waals surface area contributed by atoms with E-state index < -0.39 is 5.79 Å². The molecule has 0 aromatic heterocycles. The Labute approximate surface area is 152 Å². The minimum atomic E-state index is -1.32. The van der Waals surface area contributed by atoms with E-state index in [9.17, 15) is 4.79 Å². The number of para-hydroxylation sites is 1. The monoisotopic (exact) mass is 403 g/mol. The van der Waals surface area contributed by atoms with E-state index in [1.54, 1.807) is 4.90 Å². The summed E-state index contributed by atoms with van der Waals surface area (Å²) in [4.78, 5) is 14.9. The lowest BCUT2D eigenvalue weighted by atomic mass is 10.1. The molecule has 25 heavy (non-hydrogen) atoms. The summed E-state index contributed by atoms with van der Waals surface area (Å²) in [6, 6.07) is 11.4. The van der Waals surface area contributed by atoms with E-state index in [0.29, 0.717) is 25.5 Å². The zero-order valence-electron chi connectivity index (χ0n) is 13.2. The van der Waals surface area contributed by atoms with Crippen LogP contribution >= 0.6 is 15.9 Å². The van der Waals surface area contributed by atoms with E-state index in [-0.39, 0.29) is 12.7 Å². The SMILES string of the molecule is O=C1N(Cc2ccc3c(c2)OCO3)c2c(Br)cccc2C12OCCO2. The summed E-state index contributed by atoms with van der Waals surface area (Å²) in [6.07, 6.45) is 0. The van der Waals surface area contributed by atoms with Crippen molar-refractivity contribution < 1.29 is 23.7 Å². The van der Waals surface area contributed by atoms with Crippen LogP contribution in [0.2, 0.25) is 0 Å². The third-order valence-corrected chi connectivity index (χ3v) is 5.25. The maximum atomic E-state index is 13.2. The number of benzene rings is 2. The first kappa shape index (κ1) is 15.2. The first-order chi connectivity index (χ1) is 12.2. The van der Waals surface area contributed by atoms with E-state index >= 15 is 0 Å². The summed E-state index contributed by atoms with van der Waals surface area (Å²) >= 11 is 3.56. The minimum absolute atomic E-state index is 0.204. The molecule has 1 spiro atoms. The first-order valence-corrected chi connectivity index (χ1v) is 8.76. The maximum Gasteiger partial charge on any atom is 0.292 e. The van der Waals surface area contributed by atoms with Gasteiger partial charge in [-0.05, 0) is 39.7 Å². The van der Waals surface area contributed by atoms with Crippen molar-refractivity contribution in [3.8, 4) is 11.5 Å². The molecule has 3 aliphatic heterocycles. The fourth-order valence-electron chi connectivity index (χ4n) is 3.51. The summed E-state index contributed by atoms with van der Waals surface area (Å²) in [6.45, 7) is 1.41. The number of rotatable bonds is 2. The van der Waals surface area contributed by atoms with Crippen molar-refractivity contribution in [2.24, 2.45) is 0 Å². The number of ether oxygens (including phenoxy) is 4. The topological polar surface area (TPSA) is 57.2 Å². The molecule has 0 bridgehead atoms. The molecule has 0 aliphatic carbocycles. The smallest absolute Gasteiger partial charge is 0.292 e. The molecule has 0 atom stereocenters. The molecule has 2 aromatic carbocycles. The highest BCUT2D eigenvalue weighted by atomic mass is 79.9. The Bertz CT molecular complexity index is 878. The van der Waals surface area contributed by atoms with Crippen molar-refractivity contribution >= 4 is 27.5 Å². The van der Waals surface area contributed by atoms with Crippen LogP contribution in [0.3, 0.4) is 0 Å². The average Bonchev–Trinajstić information content (AvgIpc) is 3.32. The van der Waals surface area contributed by atoms with Gasteiger partial charge in [0.15, 0.2) is 11.5 Å². The van der Waals surface area contributed by atoms with Crippen LogP contribution in [0, 0.1) is 0 Å². The highest BCUT2D eigenvalue weighted by Crippen LogP contribution is 2.49. The molecule has 2 aromatic rings. The Hall–Kier alpha value is -2.09. The van der Waals surface area contributed by atoms with E-state index in [4.69, 9.17) is 18.9 Å². The van der Waals surface area contributed by atoms with E-state index in [1.807, 2.05) is 36.4 Å². The van der Waals surface area contributed by atoms with Crippen molar-refractivity contribution in [1.29, 1.82) is 0 Å². The van der Waals surface area contributed by atoms with Crippen LogP contribution in [-0.2, 0) is 26.6 Å². The molecule has 6 nitrogen and oxygen atoms in total. The van der Waals surface area contributed by atoms with Crippen LogP contribution in [0.4, 0.5) is 5.69 Å². The summed E-state index contributed by atoms with van der Waals surface area (Å²) in [7, 11) is 0. The second kappa shape index (κ2) is 5.45. The molecule has 1 amide bonds.